The van der Waals surface area contributed by atoms with Gasteiger partial charge in [0.25, 0.3) is 0 Å². The van der Waals surface area contributed by atoms with E-state index in [1.54, 1.807) is 23.9 Å². The van der Waals surface area contributed by atoms with E-state index in [2.05, 4.69) is 31.1 Å². The van der Waals surface area contributed by atoms with Gasteiger partial charge in [-0.2, -0.15) is 0 Å². The lowest BCUT2D eigenvalue weighted by molar-refractivity contribution is 0.567. The molecule has 0 aliphatic carbocycles. The number of furan rings is 1. The van der Waals surface area contributed by atoms with E-state index in [1.165, 1.54) is 0 Å². The summed E-state index contributed by atoms with van der Waals surface area (Å²) in [5.41, 5.74) is 2.32. The van der Waals surface area contributed by atoms with Crippen molar-refractivity contribution in [1.29, 1.82) is 0 Å². The third-order valence-electron chi connectivity index (χ3n) is 2.04. The van der Waals surface area contributed by atoms with Crippen LogP contribution in [-0.4, -0.2) is 4.98 Å². The molecular weight excluding hydrogens is 194 g/mol. The smallest absolute Gasteiger partial charge is 0.126 e. The van der Waals surface area contributed by atoms with E-state index in [1.807, 2.05) is 6.07 Å². The van der Waals surface area contributed by atoms with E-state index in [0.717, 1.165) is 16.3 Å². The van der Waals surface area contributed by atoms with Gasteiger partial charge in [-0.25, -0.2) is 4.98 Å². The predicted octanol–water partition coefficient (Wildman–Crippen LogP) is 3.70. The second kappa shape index (κ2) is 3.24. The van der Waals surface area contributed by atoms with Crippen molar-refractivity contribution < 1.29 is 4.42 Å². The molecule has 0 unspecified atom stereocenters. The molecule has 0 spiro atoms. The zero-order chi connectivity index (χ0) is 10.2. The van der Waals surface area contributed by atoms with Crippen molar-refractivity contribution in [3.8, 4) is 10.6 Å². The molecule has 0 saturated carbocycles. The van der Waals surface area contributed by atoms with Gasteiger partial charge < -0.3 is 4.42 Å². The lowest BCUT2D eigenvalue weighted by atomic mass is 9.93. The first-order valence-corrected chi connectivity index (χ1v) is 5.44. The standard InChI is InChI=1S/C11H13NOS/c1-11(2,3)9-7-14-10(12-9)8-4-5-13-6-8/h4-7H,1-3H3. The van der Waals surface area contributed by atoms with Gasteiger partial charge in [0.15, 0.2) is 0 Å². The van der Waals surface area contributed by atoms with Gasteiger partial charge in [-0.15, -0.1) is 11.3 Å². The number of rotatable bonds is 1. The molecule has 14 heavy (non-hydrogen) atoms. The first-order valence-electron chi connectivity index (χ1n) is 4.56. The Morgan fingerprint density at radius 1 is 1.36 bits per heavy atom. The molecule has 0 fully saturated rings. The Morgan fingerprint density at radius 2 is 2.14 bits per heavy atom. The summed E-state index contributed by atoms with van der Waals surface area (Å²) in [7, 11) is 0. The Hall–Kier alpha value is -1.09. The molecule has 0 saturated heterocycles. The fraction of sp³-hybridized carbons (Fsp3) is 0.364. The lowest BCUT2D eigenvalue weighted by Crippen LogP contribution is -2.11. The van der Waals surface area contributed by atoms with E-state index < -0.39 is 0 Å². The Morgan fingerprint density at radius 3 is 2.64 bits per heavy atom. The van der Waals surface area contributed by atoms with Crippen molar-refractivity contribution in [3.05, 3.63) is 29.7 Å². The van der Waals surface area contributed by atoms with Gasteiger partial charge >= 0.3 is 0 Å². The Balaban J connectivity index is 2.36. The van der Waals surface area contributed by atoms with Crippen LogP contribution >= 0.6 is 11.3 Å². The van der Waals surface area contributed by atoms with Crippen molar-refractivity contribution in [2.75, 3.05) is 0 Å². The third kappa shape index (κ3) is 1.73. The van der Waals surface area contributed by atoms with E-state index in [9.17, 15) is 0 Å². The van der Waals surface area contributed by atoms with Crippen molar-refractivity contribution in [2.45, 2.75) is 26.2 Å². The third-order valence-corrected chi connectivity index (χ3v) is 2.93. The zero-order valence-electron chi connectivity index (χ0n) is 8.57. The summed E-state index contributed by atoms with van der Waals surface area (Å²) in [6.07, 6.45) is 3.40. The van der Waals surface area contributed by atoms with E-state index in [0.29, 0.717) is 0 Å². The van der Waals surface area contributed by atoms with Gasteiger partial charge in [0, 0.05) is 16.4 Å². The summed E-state index contributed by atoms with van der Waals surface area (Å²) in [6, 6.07) is 1.94. The second-order valence-electron chi connectivity index (χ2n) is 4.30. The molecule has 0 radical (unpaired) electrons. The van der Waals surface area contributed by atoms with Gasteiger partial charge in [-0.3, -0.25) is 0 Å². The average molecular weight is 207 g/mol. The van der Waals surface area contributed by atoms with E-state index >= 15 is 0 Å². The van der Waals surface area contributed by atoms with Crippen LogP contribution in [0.15, 0.2) is 28.4 Å². The van der Waals surface area contributed by atoms with Crippen molar-refractivity contribution in [2.24, 2.45) is 0 Å². The van der Waals surface area contributed by atoms with Gasteiger partial charge in [0.2, 0.25) is 0 Å². The van der Waals surface area contributed by atoms with Crippen LogP contribution in [0.4, 0.5) is 0 Å². The SMILES string of the molecule is CC(C)(C)c1csc(-c2ccoc2)n1. The maximum absolute atomic E-state index is 5.03. The van der Waals surface area contributed by atoms with Crippen LogP contribution in [0.3, 0.4) is 0 Å². The number of thiazole rings is 1. The summed E-state index contributed by atoms with van der Waals surface area (Å²) >= 11 is 1.66. The first kappa shape index (κ1) is 9.46. The molecule has 74 valence electrons. The highest BCUT2D eigenvalue weighted by atomic mass is 32.1. The summed E-state index contributed by atoms with van der Waals surface area (Å²) < 4.78 is 5.03. The minimum atomic E-state index is 0.123. The van der Waals surface area contributed by atoms with Crippen LogP contribution < -0.4 is 0 Å². The Bertz CT molecular complexity index is 409. The molecule has 2 rings (SSSR count). The van der Waals surface area contributed by atoms with Gasteiger partial charge in [0.05, 0.1) is 12.0 Å². The van der Waals surface area contributed by atoms with Crippen LogP contribution in [-0.2, 0) is 5.41 Å². The monoisotopic (exact) mass is 207 g/mol. The molecule has 2 aromatic heterocycles. The van der Waals surface area contributed by atoms with Crippen LogP contribution in [0, 0.1) is 0 Å². The minimum absolute atomic E-state index is 0.123. The summed E-state index contributed by atoms with van der Waals surface area (Å²) in [6.45, 7) is 6.50. The van der Waals surface area contributed by atoms with Gasteiger partial charge in [-0.1, -0.05) is 20.8 Å². The van der Waals surface area contributed by atoms with E-state index in [-0.39, 0.29) is 5.41 Å². The predicted molar refractivity (Wildman–Crippen MR) is 58.5 cm³/mol. The number of hydrogen-bond donors (Lipinski definition) is 0. The lowest BCUT2D eigenvalue weighted by Gasteiger charge is -2.14. The number of hydrogen-bond acceptors (Lipinski definition) is 3. The molecule has 0 aliphatic heterocycles. The zero-order valence-corrected chi connectivity index (χ0v) is 9.39. The Kier molecular flexibility index (Phi) is 2.19. The number of nitrogens with zero attached hydrogens (tertiary/aromatic N) is 1. The van der Waals surface area contributed by atoms with Crippen LogP contribution in [0.2, 0.25) is 0 Å². The fourth-order valence-electron chi connectivity index (χ4n) is 1.14. The topological polar surface area (TPSA) is 26.0 Å². The Labute approximate surface area is 87.6 Å². The highest BCUT2D eigenvalue weighted by Crippen LogP contribution is 2.29. The summed E-state index contributed by atoms with van der Waals surface area (Å²) in [4.78, 5) is 4.58. The molecule has 2 heterocycles. The molecule has 0 bridgehead atoms. The molecule has 0 aromatic carbocycles. The molecule has 0 aliphatic rings. The molecule has 3 heteroatoms. The van der Waals surface area contributed by atoms with Crippen LogP contribution in [0.25, 0.3) is 10.6 Å². The van der Waals surface area contributed by atoms with Crippen molar-refractivity contribution >= 4 is 11.3 Å². The maximum Gasteiger partial charge on any atom is 0.126 e. The molecule has 0 amide bonds. The van der Waals surface area contributed by atoms with Crippen LogP contribution in [0.1, 0.15) is 26.5 Å². The first-order chi connectivity index (χ1) is 6.57. The summed E-state index contributed by atoms with van der Waals surface area (Å²) in [5.74, 6) is 0. The normalized spacial score (nSPS) is 11.9. The molecular formula is C11H13NOS. The van der Waals surface area contributed by atoms with Crippen LogP contribution in [0.5, 0.6) is 0 Å². The fourth-order valence-corrected chi connectivity index (χ4v) is 2.17. The van der Waals surface area contributed by atoms with Gasteiger partial charge in [-0.05, 0) is 6.07 Å². The highest BCUT2D eigenvalue weighted by molar-refractivity contribution is 7.13. The minimum Gasteiger partial charge on any atom is -0.472 e. The molecule has 2 nitrogen and oxygen atoms in total. The van der Waals surface area contributed by atoms with Crippen molar-refractivity contribution in [1.82, 2.24) is 4.98 Å². The van der Waals surface area contributed by atoms with E-state index in [4.69, 9.17) is 4.42 Å². The summed E-state index contributed by atoms with van der Waals surface area (Å²) in [5, 5.41) is 3.14. The number of aromatic nitrogens is 1. The molecule has 0 N–H and O–H groups in total. The quantitative estimate of drug-likeness (QED) is 0.712. The largest absolute Gasteiger partial charge is 0.472 e. The average Bonchev–Trinajstić information content (AvgIpc) is 2.73. The maximum atomic E-state index is 5.03. The van der Waals surface area contributed by atoms with Crippen molar-refractivity contribution in [3.63, 3.8) is 0 Å². The van der Waals surface area contributed by atoms with Gasteiger partial charge in [0.1, 0.15) is 11.3 Å². The molecule has 0 atom stereocenters. The second-order valence-corrected chi connectivity index (χ2v) is 5.16. The molecule has 2 aromatic rings. The highest BCUT2D eigenvalue weighted by Gasteiger charge is 2.17.